The Hall–Kier alpha value is -3.29. The molecule has 0 aliphatic carbocycles. The van der Waals surface area contributed by atoms with Gasteiger partial charge in [-0.05, 0) is 36.8 Å². The van der Waals surface area contributed by atoms with Crippen LogP contribution in [0.1, 0.15) is 17.0 Å². The predicted octanol–water partition coefficient (Wildman–Crippen LogP) is 5.17. The number of benzene rings is 2. The lowest BCUT2D eigenvalue weighted by Gasteiger charge is -2.15. The first-order valence-electron chi connectivity index (χ1n) is 8.51. The highest BCUT2D eigenvalue weighted by molar-refractivity contribution is 5.63. The Morgan fingerprint density at radius 3 is 2.32 bits per heavy atom. The summed E-state index contributed by atoms with van der Waals surface area (Å²) < 4.78 is 44.7. The molecule has 1 aromatic heterocycles. The third-order valence-electron chi connectivity index (χ3n) is 3.97. The molecule has 1 heterocycles. The smallest absolute Gasteiger partial charge is 0.418 e. The molecule has 0 unspecified atom stereocenters. The molecule has 2 aromatic carbocycles. The van der Waals surface area contributed by atoms with Crippen LogP contribution in [0.25, 0.3) is 0 Å². The predicted molar refractivity (Wildman–Crippen MR) is 102 cm³/mol. The molecular formula is C20H19F3N4O. The van der Waals surface area contributed by atoms with E-state index in [0.717, 1.165) is 17.4 Å². The SMILES string of the molecule is COc1ccc(CNc2cc(Nc3ccccc3C(F)(F)F)nc(C)n2)cc1. The van der Waals surface area contributed by atoms with Crippen LogP contribution in [0.15, 0.2) is 54.6 Å². The summed E-state index contributed by atoms with van der Waals surface area (Å²) >= 11 is 0. The van der Waals surface area contributed by atoms with Gasteiger partial charge in [0, 0.05) is 12.6 Å². The number of nitrogens with one attached hydrogen (secondary N) is 2. The largest absolute Gasteiger partial charge is 0.497 e. The molecule has 0 fully saturated rings. The zero-order chi connectivity index (χ0) is 20.1. The third-order valence-corrected chi connectivity index (χ3v) is 3.97. The van der Waals surface area contributed by atoms with Gasteiger partial charge in [-0.25, -0.2) is 9.97 Å². The van der Waals surface area contributed by atoms with Gasteiger partial charge in [0.2, 0.25) is 0 Å². The molecule has 0 atom stereocenters. The number of alkyl halides is 3. The highest BCUT2D eigenvalue weighted by atomic mass is 19.4. The fourth-order valence-electron chi connectivity index (χ4n) is 2.64. The van der Waals surface area contributed by atoms with Crippen molar-refractivity contribution in [3.8, 4) is 5.75 Å². The van der Waals surface area contributed by atoms with E-state index in [1.807, 2.05) is 24.3 Å². The lowest BCUT2D eigenvalue weighted by atomic mass is 10.1. The van der Waals surface area contributed by atoms with Crippen LogP contribution >= 0.6 is 0 Å². The lowest BCUT2D eigenvalue weighted by molar-refractivity contribution is -0.136. The molecule has 0 aliphatic rings. The first-order chi connectivity index (χ1) is 13.3. The van der Waals surface area contributed by atoms with Crippen molar-refractivity contribution in [2.45, 2.75) is 19.6 Å². The number of ether oxygens (including phenoxy) is 1. The number of aryl methyl sites for hydroxylation is 1. The number of aromatic nitrogens is 2. The summed E-state index contributed by atoms with van der Waals surface area (Å²) in [6.07, 6.45) is -4.46. The summed E-state index contributed by atoms with van der Waals surface area (Å²) in [4.78, 5) is 8.47. The topological polar surface area (TPSA) is 59.1 Å². The molecule has 5 nitrogen and oxygen atoms in total. The highest BCUT2D eigenvalue weighted by Gasteiger charge is 2.33. The maximum absolute atomic E-state index is 13.2. The van der Waals surface area contributed by atoms with Crippen molar-refractivity contribution < 1.29 is 17.9 Å². The fraction of sp³-hybridized carbons (Fsp3) is 0.200. The van der Waals surface area contributed by atoms with Crippen molar-refractivity contribution >= 4 is 17.3 Å². The first-order valence-corrected chi connectivity index (χ1v) is 8.51. The Labute approximate surface area is 160 Å². The second-order valence-corrected chi connectivity index (χ2v) is 6.06. The molecule has 3 aromatic rings. The number of para-hydroxylation sites is 1. The van der Waals surface area contributed by atoms with Crippen LogP contribution in [0.3, 0.4) is 0 Å². The zero-order valence-electron chi connectivity index (χ0n) is 15.3. The quantitative estimate of drug-likeness (QED) is 0.610. The van der Waals surface area contributed by atoms with Gasteiger partial charge in [-0.1, -0.05) is 24.3 Å². The van der Waals surface area contributed by atoms with Gasteiger partial charge < -0.3 is 15.4 Å². The van der Waals surface area contributed by atoms with E-state index in [9.17, 15) is 13.2 Å². The molecule has 0 saturated heterocycles. The van der Waals surface area contributed by atoms with Crippen LogP contribution in [0, 0.1) is 6.92 Å². The van der Waals surface area contributed by atoms with Crippen molar-refractivity contribution in [1.29, 1.82) is 0 Å². The highest BCUT2D eigenvalue weighted by Crippen LogP contribution is 2.35. The minimum absolute atomic E-state index is 0.0609. The third kappa shape index (κ3) is 4.91. The number of halogens is 3. The van der Waals surface area contributed by atoms with Gasteiger partial charge in [0.1, 0.15) is 23.2 Å². The normalized spacial score (nSPS) is 11.2. The molecule has 8 heteroatoms. The average Bonchev–Trinajstić information content (AvgIpc) is 2.66. The second kappa shape index (κ2) is 8.16. The molecule has 0 amide bonds. The summed E-state index contributed by atoms with van der Waals surface area (Å²) in [7, 11) is 1.60. The van der Waals surface area contributed by atoms with E-state index in [-0.39, 0.29) is 11.5 Å². The summed E-state index contributed by atoms with van der Waals surface area (Å²) in [5, 5.41) is 5.90. The average molecular weight is 388 g/mol. The van der Waals surface area contributed by atoms with E-state index in [1.54, 1.807) is 20.1 Å². The standard InChI is InChI=1S/C20H19F3N4O/c1-13-25-18(24-12-14-7-9-15(28-2)10-8-14)11-19(26-13)27-17-6-4-3-5-16(17)20(21,22)23/h3-11H,12H2,1-2H3,(H2,24,25,26,27). The van der Waals surface area contributed by atoms with Crippen molar-refractivity contribution in [3.05, 3.63) is 71.5 Å². The van der Waals surface area contributed by atoms with Gasteiger partial charge in [-0.15, -0.1) is 0 Å². The van der Waals surface area contributed by atoms with Gasteiger partial charge >= 0.3 is 6.18 Å². The van der Waals surface area contributed by atoms with Crippen molar-refractivity contribution in [3.63, 3.8) is 0 Å². The van der Waals surface area contributed by atoms with E-state index in [0.29, 0.717) is 18.2 Å². The van der Waals surface area contributed by atoms with Gasteiger partial charge in [-0.3, -0.25) is 0 Å². The van der Waals surface area contributed by atoms with Gasteiger partial charge in [0.15, 0.2) is 0 Å². The minimum atomic E-state index is -4.46. The summed E-state index contributed by atoms with van der Waals surface area (Å²) in [6, 6.07) is 14.4. The zero-order valence-corrected chi connectivity index (χ0v) is 15.3. The van der Waals surface area contributed by atoms with Crippen LogP contribution in [-0.4, -0.2) is 17.1 Å². The summed E-state index contributed by atoms with van der Waals surface area (Å²) in [5.74, 6) is 1.99. The number of anilines is 3. The molecule has 2 N–H and O–H groups in total. The van der Waals surface area contributed by atoms with Gasteiger partial charge in [-0.2, -0.15) is 13.2 Å². The van der Waals surface area contributed by atoms with E-state index in [4.69, 9.17) is 4.74 Å². The number of rotatable bonds is 6. The van der Waals surface area contributed by atoms with Crippen molar-refractivity contribution in [1.82, 2.24) is 9.97 Å². The molecule has 0 bridgehead atoms. The van der Waals surface area contributed by atoms with Crippen LogP contribution < -0.4 is 15.4 Å². The van der Waals surface area contributed by atoms with Crippen molar-refractivity contribution in [2.75, 3.05) is 17.7 Å². The van der Waals surface area contributed by atoms with E-state index in [1.165, 1.54) is 18.2 Å². The monoisotopic (exact) mass is 388 g/mol. The van der Waals surface area contributed by atoms with Crippen LogP contribution in [0.2, 0.25) is 0 Å². The summed E-state index contributed by atoms with van der Waals surface area (Å²) in [6.45, 7) is 2.18. The molecular weight excluding hydrogens is 369 g/mol. The van der Waals surface area contributed by atoms with Crippen LogP contribution in [0.4, 0.5) is 30.5 Å². The maximum Gasteiger partial charge on any atom is 0.418 e. The molecule has 3 rings (SSSR count). The van der Waals surface area contributed by atoms with Crippen molar-refractivity contribution in [2.24, 2.45) is 0 Å². The molecule has 0 saturated carbocycles. The second-order valence-electron chi connectivity index (χ2n) is 6.06. The number of methoxy groups -OCH3 is 1. The molecule has 0 radical (unpaired) electrons. The number of hydrogen-bond donors (Lipinski definition) is 2. The summed E-state index contributed by atoms with van der Waals surface area (Å²) in [5.41, 5.74) is 0.196. The van der Waals surface area contributed by atoms with E-state index < -0.39 is 11.7 Å². The van der Waals surface area contributed by atoms with Gasteiger partial charge in [0.25, 0.3) is 0 Å². The van der Waals surface area contributed by atoms with Crippen LogP contribution in [-0.2, 0) is 12.7 Å². The Bertz CT molecular complexity index is 943. The van der Waals surface area contributed by atoms with E-state index in [2.05, 4.69) is 20.6 Å². The molecule has 146 valence electrons. The Morgan fingerprint density at radius 1 is 0.964 bits per heavy atom. The Balaban J connectivity index is 1.76. The van der Waals surface area contributed by atoms with E-state index >= 15 is 0 Å². The van der Waals surface area contributed by atoms with Crippen LogP contribution in [0.5, 0.6) is 5.75 Å². The maximum atomic E-state index is 13.2. The number of hydrogen-bond acceptors (Lipinski definition) is 5. The molecule has 0 aliphatic heterocycles. The fourth-order valence-corrected chi connectivity index (χ4v) is 2.64. The molecule has 0 spiro atoms. The lowest BCUT2D eigenvalue weighted by Crippen LogP contribution is -2.10. The first kappa shape index (κ1) is 19.5. The number of nitrogens with zero attached hydrogens (tertiary/aromatic N) is 2. The minimum Gasteiger partial charge on any atom is -0.497 e. The Morgan fingerprint density at radius 2 is 1.64 bits per heavy atom. The van der Waals surface area contributed by atoms with Gasteiger partial charge in [0.05, 0.1) is 18.4 Å². The molecule has 28 heavy (non-hydrogen) atoms. The Kier molecular flexibility index (Phi) is 5.67.